The van der Waals surface area contributed by atoms with Crippen LogP contribution in [0.1, 0.15) is 13.8 Å². The second-order valence-electron chi connectivity index (χ2n) is 2.47. The molecule has 0 fully saturated rings. The van der Waals surface area contributed by atoms with Gasteiger partial charge in [-0.3, -0.25) is 10.1 Å². The van der Waals surface area contributed by atoms with Crippen LogP contribution in [0.15, 0.2) is 11.8 Å². The van der Waals surface area contributed by atoms with Gasteiger partial charge in [-0.1, -0.05) is 0 Å². The molecular weight excluding hydrogens is 218 g/mol. The molecule has 0 saturated heterocycles. The largest absolute Gasteiger partial charge is 0.500 e. The van der Waals surface area contributed by atoms with E-state index >= 15 is 0 Å². The van der Waals surface area contributed by atoms with E-state index in [-0.39, 0.29) is 13.2 Å². The highest BCUT2D eigenvalue weighted by atomic mass is 16.5. The zero-order valence-corrected chi connectivity index (χ0v) is 8.98. The molecule has 0 aromatic rings. The van der Waals surface area contributed by atoms with E-state index in [1.54, 1.807) is 19.2 Å². The highest BCUT2D eigenvalue weighted by Crippen LogP contribution is 1.96. The first kappa shape index (κ1) is 13.9. The zero-order chi connectivity index (χ0) is 12.6. The molecule has 0 spiro atoms. The smallest absolute Gasteiger partial charge is 0.414 e. The number of imide groups is 1. The molecule has 0 aliphatic heterocycles. The molecular formula is C9H13NO6. The van der Waals surface area contributed by atoms with Gasteiger partial charge >= 0.3 is 12.1 Å². The van der Waals surface area contributed by atoms with E-state index in [4.69, 9.17) is 5.11 Å². The molecule has 0 aromatic heterocycles. The summed E-state index contributed by atoms with van der Waals surface area (Å²) in [6.07, 6.45) is -0.229. The molecule has 0 rings (SSSR count). The van der Waals surface area contributed by atoms with Gasteiger partial charge in [0.2, 0.25) is 0 Å². The number of carbonyl (C=O) groups excluding carboxylic acids is 2. The van der Waals surface area contributed by atoms with Gasteiger partial charge in [-0.25, -0.2) is 9.59 Å². The maximum Gasteiger partial charge on any atom is 0.414 e. The first-order valence-corrected chi connectivity index (χ1v) is 4.56. The van der Waals surface area contributed by atoms with Crippen molar-refractivity contribution in [2.24, 2.45) is 0 Å². The van der Waals surface area contributed by atoms with Gasteiger partial charge in [0.15, 0.2) is 5.57 Å². The van der Waals surface area contributed by atoms with Crippen LogP contribution in [0.4, 0.5) is 4.79 Å². The van der Waals surface area contributed by atoms with Crippen LogP contribution in [0.2, 0.25) is 0 Å². The molecule has 0 atom stereocenters. The molecule has 0 radical (unpaired) electrons. The van der Waals surface area contributed by atoms with Gasteiger partial charge in [-0.05, 0) is 13.8 Å². The summed E-state index contributed by atoms with van der Waals surface area (Å²) < 4.78 is 9.08. The van der Waals surface area contributed by atoms with Gasteiger partial charge in [-0.15, -0.1) is 0 Å². The third-order valence-corrected chi connectivity index (χ3v) is 1.33. The highest BCUT2D eigenvalue weighted by Gasteiger charge is 2.20. The second kappa shape index (κ2) is 7.27. The van der Waals surface area contributed by atoms with Crippen molar-refractivity contribution in [3.63, 3.8) is 0 Å². The van der Waals surface area contributed by atoms with Crippen LogP contribution in [0.25, 0.3) is 0 Å². The predicted molar refractivity (Wildman–Crippen MR) is 52.5 cm³/mol. The summed E-state index contributed by atoms with van der Waals surface area (Å²) in [5.74, 6) is -2.57. The summed E-state index contributed by atoms with van der Waals surface area (Å²) in [5, 5.41) is 10.4. The van der Waals surface area contributed by atoms with E-state index < -0.39 is 23.5 Å². The molecule has 0 unspecified atom stereocenters. The number of amides is 2. The average molecular weight is 231 g/mol. The first-order valence-electron chi connectivity index (χ1n) is 4.56. The second-order valence-corrected chi connectivity index (χ2v) is 2.47. The van der Waals surface area contributed by atoms with Crippen molar-refractivity contribution in [2.75, 3.05) is 13.2 Å². The number of hydrogen-bond acceptors (Lipinski definition) is 5. The van der Waals surface area contributed by atoms with E-state index in [1.165, 1.54) is 0 Å². The van der Waals surface area contributed by atoms with Crippen LogP contribution in [-0.4, -0.2) is 36.3 Å². The fraction of sp³-hybridized carbons (Fsp3) is 0.444. The van der Waals surface area contributed by atoms with Crippen molar-refractivity contribution in [3.05, 3.63) is 11.8 Å². The fourth-order valence-corrected chi connectivity index (χ4v) is 0.695. The lowest BCUT2D eigenvalue weighted by Crippen LogP contribution is -2.34. The number of alkyl carbamates (subject to hydrolysis) is 1. The van der Waals surface area contributed by atoms with Gasteiger partial charge in [-0.2, -0.15) is 0 Å². The number of ether oxygens (including phenoxy) is 2. The minimum atomic E-state index is -1.49. The number of rotatable bonds is 5. The van der Waals surface area contributed by atoms with Gasteiger partial charge < -0.3 is 14.6 Å². The molecule has 2 amide bonds. The Bertz CT molecular complexity index is 309. The number of hydrogen-bond donors (Lipinski definition) is 2. The third kappa shape index (κ3) is 4.99. The minimum Gasteiger partial charge on any atom is -0.500 e. The number of aliphatic carboxylic acids is 1. The molecule has 16 heavy (non-hydrogen) atoms. The highest BCUT2D eigenvalue weighted by molar-refractivity contribution is 6.18. The number of carboxylic acids is 1. The monoisotopic (exact) mass is 231 g/mol. The van der Waals surface area contributed by atoms with E-state index in [0.29, 0.717) is 0 Å². The Kier molecular flexibility index (Phi) is 6.34. The SMILES string of the molecule is CCO/C=C(\C(=O)O)C(=O)NC(=O)OCC. The Balaban J connectivity index is 4.51. The summed E-state index contributed by atoms with van der Waals surface area (Å²) in [7, 11) is 0. The van der Waals surface area contributed by atoms with Crippen molar-refractivity contribution in [1.82, 2.24) is 5.32 Å². The lowest BCUT2D eigenvalue weighted by Gasteiger charge is -2.04. The molecule has 90 valence electrons. The number of nitrogens with one attached hydrogen (secondary N) is 1. The van der Waals surface area contributed by atoms with Gasteiger partial charge in [0.25, 0.3) is 5.91 Å². The normalized spacial score (nSPS) is 10.5. The molecule has 7 nitrogen and oxygen atoms in total. The maximum absolute atomic E-state index is 11.2. The van der Waals surface area contributed by atoms with Gasteiger partial charge in [0.05, 0.1) is 13.2 Å². The van der Waals surface area contributed by atoms with Crippen molar-refractivity contribution < 1.29 is 29.0 Å². The van der Waals surface area contributed by atoms with Crippen LogP contribution in [0, 0.1) is 0 Å². The molecule has 0 bridgehead atoms. The minimum absolute atomic E-state index is 0.0801. The molecule has 7 heteroatoms. The van der Waals surface area contributed by atoms with E-state index in [2.05, 4.69) is 9.47 Å². The quantitative estimate of drug-likeness (QED) is 0.304. The van der Waals surface area contributed by atoms with Gasteiger partial charge in [0.1, 0.15) is 6.26 Å². The summed E-state index contributed by atoms with van der Waals surface area (Å²) in [6, 6.07) is 0. The molecule has 0 aliphatic carbocycles. The number of carbonyl (C=O) groups is 3. The molecule has 0 aliphatic rings. The summed E-state index contributed by atoms with van der Waals surface area (Å²) in [6.45, 7) is 3.47. The Hall–Kier alpha value is -2.05. The fourth-order valence-electron chi connectivity index (χ4n) is 0.695. The van der Waals surface area contributed by atoms with Crippen molar-refractivity contribution in [2.45, 2.75) is 13.8 Å². The molecule has 0 saturated carbocycles. The first-order chi connectivity index (χ1) is 7.52. The van der Waals surface area contributed by atoms with Crippen LogP contribution in [-0.2, 0) is 19.1 Å². The van der Waals surface area contributed by atoms with Crippen LogP contribution >= 0.6 is 0 Å². The van der Waals surface area contributed by atoms with E-state index in [1.807, 2.05) is 0 Å². The average Bonchev–Trinajstić information content (AvgIpc) is 2.17. The summed E-state index contributed by atoms with van der Waals surface area (Å²) >= 11 is 0. The topological polar surface area (TPSA) is 102 Å². The van der Waals surface area contributed by atoms with Crippen molar-refractivity contribution in [3.8, 4) is 0 Å². The Morgan fingerprint density at radius 1 is 1.25 bits per heavy atom. The molecule has 2 N–H and O–H groups in total. The Morgan fingerprint density at radius 3 is 2.31 bits per heavy atom. The summed E-state index contributed by atoms with van der Waals surface area (Å²) in [5.41, 5.74) is -0.671. The maximum atomic E-state index is 11.2. The van der Waals surface area contributed by atoms with Crippen LogP contribution < -0.4 is 5.32 Å². The summed E-state index contributed by atoms with van der Waals surface area (Å²) in [4.78, 5) is 32.7. The van der Waals surface area contributed by atoms with Gasteiger partial charge in [0, 0.05) is 0 Å². The molecule has 0 aromatic carbocycles. The Morgan fingerprint density at radius 2 is 1.88 bits per heavy atom. The van der Waals surface area contributed by atoms with Crippen molar-refractivity contribution >= 4 is 18.0 Å². The Labute approximate surface area is 92.0 Å². The number of carboxylic acid groups (broad SMARTS) is 1. The standard InChI is InChI=1S/C9H13NO6/c1-3-15-5-6(8(12)13)7(11)10-9(14)16-4-2/h5H,3-4H2,1-2H3,(H,12,13)(H,10,11,14)/b6-5-. The third-order valence-electron chi connectivity index (χ3n) is 1.33. The lowest BCUT2D eigenvalue weighted by molar-refractivity contribution is -0.135. The predicted octanol–water partition coefficient (Wildman–Crippen LogP) is 0.264. The molecule has 0 heterocycles. The van der Waals surface area contributed by atoms with Crippen LogP contribution in [0.3, 0.4) is 0 Å². The van der Waals surface area contributed by atoms with E-state index in [0.717, 1.165) is 6.26 Å². The zero-order valence-electron chi connectivity index (χ0n) is 8.98. The van der Waals surface area contributed by atoms with Crippen LogP contribution in [0.5, 0.6) is 0 Å². The lowest BCUT2D eigenvalue weighted by atomic mass is 10.3. The van der Waals surface area contributed by atoms with Crippen molar-refractivity contribution in [1.29, 1.82) is 0 Å². The van der Waals surface area contributed by atoms with E-state index in [9.17, 15) is 14.4 Å².